The number of aromatic amines is 1. The Labute approximate surface area is 138 Å². The first kappa shape index (κ1) is 17.3. The van der Waals surface area contributed by atoms with E-state index in [1.54, 1.807) is 0 Å². The number of alkyl carbamates (subject to hydrolysis) is 1. The average Bonchev–Trinajstić information content (AvgIpc) is 2.78. The molecule has 0 saturated heterocycles. The van der Waals surface area contributed by atoms with E-state index in [4.69, 9.17) is 4.74 Å². The molecule has 2 N–H and O–H groups in total. The van der Waals surface area contributed by atoms with Crippen LogP contribution >= 0.6 is 0 Å². The molecule has 126 valence electrons. The predicted octanol–water partition coefficient (Wildman–Crippen LogP) is 3.43. The van der Waals surface area contributed by atoms with Gasteiger partial charge >= 0.3 is 6.09 Å². The smallest absolute Gasteiger partial charge is 0.407 e. The van der Waals surface area contributed by atoms with Gasteiger partial charge in [-0.1, -0.05) is 0 Å². The lowest BCUT2D eigenvalue weighted by molar-refractivity contribution is 0.0528. The van der Waals surface area contributed by atoms with Crippen molar-refractivity contribution in [2.45, 2.75) is 32.8 Å². The first-order valence-corrected chi connectivity index (χ1v) is 7.95. The molecule has 0 fully saturated rings. The van der Waals surface area contributed by atoms with Crippen LogP contribution in [0.4, 0.5) is 10.5 Å². The third-order valence-electron chi connectivity index (χ3n) is 3.59. The number of carbonyl (C=O) groups excluding carboxylic acids is 1. The van der Waals surface area contributed by atoms with Crippen molar-refractivity contribution < 1.29 is 9.53 Å². The molecule has 1 amide bonds. The standard InChI is InChI=1S/C18H27N3O2/c1-18(2,3)23-17(22)19-10-9-13-12-20-16-8-7-14(11-15(13)16)21(4,5)6/h7-8,11-12,20H,9-10H2,1-6H3/p+1. The lowest BCUT2D eigenvalue weighted by atomic mass is 10.1. The van der Waals surface area contributed by atoms with Gasteiger partial charge in [0.2, 0.25) is 0 Å². The fraction of sp³-hybridized carbons (Fsp3) is 0.500. The van der Waals surface area contributed by atoms with E-state index in [-0.39, 0.29) is 6.09 Å². The fourth-order valence-electron chi connectivity index (χ4n) is 2.40. The van der Waals surface area contributed by atoms with Gasteiger partial charge in [0.15, 0.2) is 0 Å². The number of benzene rings is 1. The van der Waals surface area contributed by atoms with Crippen LogP contribution in [-0.2, 0) is 11.2 Å². The molecule has 0 unspecified atom stereocenters. The maximum absolute atomic E-state index is 11.7. The Bertz CT molecular complexity index is 690. The zero-order chi connectivity index (χ0) is 17.3. The van der Waals surface area contributed by atoms with Crippen molar-refractivity contribution in [3.63, 3.8) is 0 Å². The lowest BCUT2D eigenvalue weighted by Gasteiger charge is -2.23. The van der Waals surface area contributed by atoms with E-state index in [0.29, 0.717) is 6.54 Å². The van der Waals surface area contributed by atoms with Crippen LogP contribution in [0.2, 0.25) is 0 Å². The predicted molar refractivity (Wildman–Crippen MR) is 95.8 cm³/mol. The summed E-state index contributed by atoms with van der Waals surface area (Å²) in [6.45, 7) is 6.13. The van der Waals surface area contributed by atoms with Gasteiger partial charge in [0, 0.05) is 35.8 Å². The number of nitrogens with one attached hydrogen (secondary N) is 2. The lowest BCUT2D eigenvalue weighted by Crippen LogP contribution is -2.34. The molecular weight excluding hydrogens is 290 g/mol. The second kappa shape index (κ2) is 6.24. The minimum absolute atomic E-state index is 0.371. The maximum Gasteiger partial charge on any atom is 0.407 e. The van der Waals surface area contributed by atoms with Crippen LogP contribution < -0.4 is 9.80 Å². The first-order valence-electron chi connectivity index (χ1n) is 7.95. The third-order valence-corrected chi connectivity index (χ3v) is 3.59. The van der Waals surface area contributed by atoms with Crippen molar-refractivity contribution in [3.05, 3.63) is 30.0 Å². The highest BCUT2D eigenvalue weighted by Crippen LogP contribution is 2.26. The average molecular weight is 318 g/mol. The molecule has 0 saturated carbocycles. The number of rotatable bonds is 4. The number of nitrogens with zero attached hydrogens (tertiary/aromatic N) is 1. The number of aromatic nitrogens is 1. The molecule has 0 radical (unpaired) electrons. The highest BCUT2D eigenvalue weighted by Gasteiger charge is 2.16. The van der Waals surface area contributed by atoms with Crippen LogP contribution in [0.5, 0.6) is 0 Å². The summed E-state index contributed by atoms with van der Waals surface area (Å²) in [5.41, 5.74) is 3.10. The molecule has 0 aliphatic rings. The van der Waals surface area contributed by atoms with E-state index in [1.165, 1.54) is 16.6 Å². The zero-order valence-electron chi connectivity index (χ0n) is 15.0. The normalized spacial score (nSPS) is 12.4. The van der Waals surface area contributed by atoms with Gasteiger partial charge in [0.1, 0.15) is 11.3 Å². The quantitative estimate of drug-likeness (QED) is 0.849. The molecule has 0 spiro atoms. The van der Waals surface area contributed by atoms with Gasteiger partial charge in [-0.15, -0.1) is 0 Å². The van der Waals surface area contributed by atoms with Crippen LogP contribution in [0.15, 0.2) is 24.4 Å². The molecule has 0 aliphatic heterocycles. The van der Waals surface area contributed by atoms with Crippen molar-refractivity contribution in [2.24, 2.45) is 0 Å². The molecule has 23 heavy (non-hydrogen) atoms. The molecule has 2 rings (SSSR count). The van der Waals surface area contributed by atoms with E-state index in [2.05, 4.69) is 49.6 Å². The van der Waals surface area contributed by atoms with Crippen molar-refractivity contribution in [1.29, 1.82) is 0 Å². The zero-order valence-corrected chi connectivity index (χ0v) is 15.0. The molecule has 0 atom stereocenters. The topological polar surface area (TPSA) is 54.1 Å². The van der Waals surface area contributed by atoms with Crippen LogP contribution in [0.1, 0.15) is 26.3 Å². The summed E-state index contributed by atoms with van der Waals surface area (Å²) < 4.78 is 6.02. The molecule has 1 heterocycles. The van der Waals surface area contributed by atoms with Gasteiger partial charge in [-0.2, -0.15) is 0 Å². The van der Waals surface area contributed by atoms with E-state index < -0.39 is 5.60 Å². The Morgan fingerprint density at radius 3 is 2.57 bits per heavy atom. The minimum atomic E-state index is -0.468. The monoisotopic (exact) mass is 318 g/mol. The summed E-state index contributed by atoms with van der Waals surface area (Å²) in [7, 11) is 6.45. The molecule has 5 nitrogen and oxygen atoms in total. The van der Waals surface area contributed by atoms with Crippen LogP contribution in [0.3, 0.4) is 0 Å². The molecular formula is C18H28N3O2+. The number of hydrogen-bond acceptors (Lipinski definition) is 2. The fourth-order valence-corrected chi connectivity index (χ4v) is 2.40. The van der Waals surface area contributed by atoms with E-state index in [0.717, 1.165) is 16.4 Å². The summed E-state index contributed by atoms with van der Waals surface area (Å²) in [5, 5.41) is 4.02. The third kappa shape index (κ3) is 4.73. The highest BCUT2D eigenvalue weighted by molar-refractivity contribution is 5.86. The molecule has 0 bridgehead atoms. The molecule has 1 aromatic heterocycles. The minimum Gasteiger partial charge on any atom is -0.444 e. The van der Waals surface area contributed by atoms with Crippen molar-refractivity contribution in [2.75, 3.05) is 27.7 Å². The van der Waals surface area contributed by atoms with Crippen LogP contribution in [0.25, 0.3) is 10.9 Å². The molecule has 5 heteroatoms. The number of ether oxygens (including phenoxy) is 1. The summed E-state index contributed by atoms with van der Waals surface area (Å²) in [6.07, 6.45) is 2.41. The molecule has 1 aromatic carbocycles. The van der Waals surface area contributed by atoms with Crippen LogP contribution in [-0.4, -0.2) is 44.4 Å². The Hall–Kier alpha value is -2.01. The van der Waals surface area contributed by atoms with Gasteiger partial charge in [-0.3, -0.25) is 4.48 Å². The van der Waals surface area contributed by atoms with Crippen LogP contribution in [0, 0.1) is 0 Å². The van der Waals surface area contributed by atoms with Crippen molar-refractivity contribution in [3.8, 4) is 0 Å². The number of quaternary nitrogens is 1. The van der Waals surface area contributed by atoms with Crippen molar-refractivity contribution >= 4 is 22.7 Å². The first-order chi connectivity index (χ1) is 10.6. The molecule has 2 aromatic rings. The summed E-state index contributed by atoms with van der Waals surface area (Å²) >= 11 is 0. The summed E-state index contributed by atoms with van der Waals surface area (Å²) in [6, 6.07) is 6.47. The van der Waals surface area contributed by atoms with Gasteiger partial charge in [-0.25, -0.2) is 4.79 Å². The number of amides is 1. The largest absolute Gasteiger partial charge is 0.444 e. The Morgan fingerprint density at radius 2 is 1.96 bits per heavy atom. The number of carbonyl (C=O) groups is 1. The van der Waals surface area contributed by atoms with E-state index >= 15 is 0 Å². The SMILES string of the molecule is CC(C)(C)OC(=O)NCCc1c[nH]c2ccc([N+](C)(C)C)cc12. The van der Waals surface area contributed by atoms with Gasteiger partial charge < -0.3 is 15.0 Å². The highest BCUT2D eigenvalue weighted by atomic mass is 16.6. The van der Waals surface area contributed by atoms with Gasteiger partial charge in [0.05, 0.1) is 21.1 Å². The van der Waals surface area contributed by atoms with E-state index in [9.17, 15) is 4.79 Å². The Morgan fingerprint density at radius 1 is 1.26 bits per heavy atom. The second-order valence-electron chi connectivity index (χ2n) is 7.73. The van der Waals surface area contributed by atoms with Gasteiger partial charge in [0.25, 0.3) is 0 Å². The summed E-state index contributed by atoms with van der Waals surface area (Å²) in [5.74, 6) is 0. The van der Waals surface area contributed by atoms with E-state index in [1.807, 2.05) is 27.0 Å². The van der Waals surface area contributed by atoms with Gasteiger partial charge in [-0.05, 0) is 38.8 Å². The molecule has 0 aliphatic carbocycles. The number of H-pyrrole nitrogens is 1. The Kier molecular flexibility index (Phi) is 4.71. The number of hydrogen-bond donors (Lipinski definition) is 2. The van der Waals surface area contributed by atoms with Crippen molar-refractivity contribution in [1.82, 2.24) is 14.8 Å². The maximum atomic E-state index is 11.7. The Balaban J connectivity index is 2.05. The second-order valence-corrected chi connectivity index (χ2v) is 7.73. The summed E-state index contributed by atoms with van der Waals surface area (Å²) in [4.78, 5) is 15.0. The number of fused-ring (bicyclic) bond motifs is 1.